The van der Waals surface area contributed by atoms with Crippen LogP contribution in [-0.4, -0.2) is 29.0 Å². The quantitative estimate of drug-likeness (QED) is 0.687. The lowest BCUT2D eigenvalue weighted by Crippen LogP contribution is -2.49. The summed E-state index contributed by atoms with van der Waals surface area (Å²) in [4.78, 5) is 13.3. The van der Waals surface area contributed by atoms with Gasteiger partial charge in [-0.05, 0) is 37.8 Å². The molecule has 20 heavy (non-hydrogen) atoms. The van der Waals surface area contributed by atoms with Gasteiger partial charge in [0.05, 0.1) is 17.6 Å². The molecule has 4 heteroatoms. The average molecular weight is 292 g/mol. The van der Waals surface area contributed by atoms with Crippen LogP contribution in [0.2, 0.25) is 0 Å². The zero-order valence-electron chi connectivity index (χ0n) is 11.7. The van der Waals surface area contributed by atoms with Crippen molar-refractivity contribution in [2.75, 3.05) is 12.4 Å². The maximum absolute atomic E-state index is 12.0. The monoisotopic (exact) mass is 292 g/mol. The van der Waals surface area contributed by atoms with Crippen molar-refractivity contribution in [3.63, 3.8) is 0 Å². The predicted molar refractivity (Wildman–Crippen MR) is 78.5 cm³/mol. The molecule has 3 nitrogen and oxygen atoms in total. The van der Waals surface area contributed by atoms with Crippen molar-refractivity contribution in [2.24, 2.45) is 11.3 Å². The van der Waals surface area contributed by atoms with Gasteiger partial charge in [0, 0.05) is 17.1 Å². The van der Waals surface area contributed by atoms with Gasteiger partial charge in [0.2, 0.25) is 0 Å². The first-order chi connectivity index (χ1) is 9.56. The molecule has 0 radical (unpaired) electrons. The van der Waals surface area contributed by atoms with E-state index in [0.29, 0.717) is 13.0 Å². The third kappa shape index (κ3) is 2.06. The van der Waals surface area contributed by atoms with Crippen LogP contribution in [0.4, 0.5) is 0 Å². The molecule has 108 valence electrons. The minimum absolute atomic E-state index is 0.137. The Bertz CT molecular complexity index is 500. The van der Waals surface area contributed by atoms with Gasteiger partial charge >= 0.3 is 5.97 Å². The van der Waals surface area contributed by atoms with Crippen molar-refractivity contribution in [1.29, 1.82) is 0 Å². The Hall–Kier alpha value is -1.00. The summed E-state index contributed by atoms with van der Waals surface area (Å²) < 4.78 is 5.13. The summed E-state index contributed by atoms with van der Waals surface area (Å²) in [6.45, 7) is 2.27. The van der Waals surface area contributed by atoms with E-state index in [4.69, 9.17) is 4.74 Å². The first-order valence-corrected chi connectivity index (χ1v) is 8.12. The largest absolute Gasteiger partial charge is 0.465 e. The van der Waals surface area contributed by atoms with Gasteiger partial charge in [-0.1, -0.05) is 18.2 Å². The SMILES string of the molecule is C[C@]1(O)[C@H](CSc2ccccc2)CC[C@]12CCOC2=O. The Morgan fingerprint density at radius 1 is 1.35 bits per heavy atom. The van der Waals surface area contributed by atoms with E-state index in [0.717, 1.165) is 18.6 Å². The lowest BCUT2D eigenvalue weighted by Gasteiger charge is -2.36. The summed E-state index contributed by atoms with van der Waals surface area (Å²) in [7, 11) is 0. The van der Waals surface area contributed by atoms with Crippen molar-refractivity contribution in [3.05, 3.63) is 30.3 Å². The van der Waals surface area contributed by atoms with E-state index in [2.05, 4.69) is 12.1 Å². The molecule has 0 aromatic heterocycles. The zero-order chi connectivity index (χ0) is 14.2. The summed E-state index contributed by atoms with van der Waals surface area (Å²) in [5.74, 6) is 0.777. The molecule has 3 atom stereocenters. The highest BCUT2D eigenvalue weighted by molar-refractivity contribution is 7.99. The third-order valence-electron chi connectivity index (χ3n) is 5.03. The first kappa shape index (κ1) is 14.0. The number of hydrogen-bond acceptors (Lipinski definition) is 4. The van der Waals surface area contributed by atoms with Crippen molar-refractivity contribution in [3.8, 4) is 0 Å². The van der Waals surface area contributed by atoms with Crippen LogP contribution in [-0.2, 0) is 9.53 Å². The topological polar surface area (TPSA) is 46.5 Å². The molecule has 1 aromatic rings. The molecular weight excluding hydrogens is 272 g/mol. The number of aliphatic hydroxyl groups is 1. The molecule has 3 rings (SSSR count). The summed E-state index contributed by atoms with van der Waals surface area (Å²) in [5.41, 5.74) is -1.61. The summed E-state index contributed by atoms with van der Waals surface area (Å²) in [6, 6.07) is 10.2. The number of cyclic esters (lactones) is 1. The van der Waals surface area contributed by atoms with Crippen LogP contribution in [0.15, 0.2) is 35.2 Å². The number of hydrogen-bond donors (Lipinski definition) is 1. The second-order valence-corrected chi connectivity index (χ2v) is 7.07. The molecule has 0 unspecified atom stereocenters. The van der Waals surface area contributed by atoms with Gasteiger partial charge in [0.1, 0.15) is 0 Å². The smallest absolute Gasteiger partial charge is 0.315 e. The molecule has 1 saturated heterocycles. The fraction of sp³-hybridized carbons (Fsp3) is 0.562. The Labute approximate surface area is 123 Å². The summed E-state index contributed by atoms with van der Waals surface area (Å²) in [5, 5.41) is 10.9. The fourth-order valence-electron chi connectivity index (χ4n) is 3.55. The first-order valence-electron chi connectivity index (χ1n) is 7.14. The third-order valence-corrected chi connectivity index (χ3v) is 6.21. The Morgan fingerprint density at radius 2 is 2.10 bits per heavy atom. The minimum atomic E-state index is -0.956. The molecular formula is C16H20O3S. The molecule has 1 aliphatic carbocycles. The lowest BCUT2D eigenvalue weighted by molar-refractivity contribution is -0.158. The molecule has 2 aliphatic rings. The van der Waals surface area contributed by atoms with Crippen LogP contribution >= 0.6 is 11.8 Å². The second-order valence-electron chi connectivity index (χ2n) is 5.98. The zero-order valence-corrected chi connectivity index (χ0v) is 12.5. The highest BCUT2D eigenvalue weighted by Crippen LogP contribution is 2.55. The van der Waals surface area contributed by atoms with Crippen molar-refractivity contribution in [1.82, 2.24) is 0 Å². The molecule has 1 aliphatic heterocycles. The van der Waals surface area contributed by atoms with E-state index in [1.54, 1.807) is 11.8 Å². The van der Waals surface area contributed by atoms with Gasteiger partial charge in [-0.2, -0.15) is 0 Å². The van der Waals surface area contributed by atoms with E-state index < -0.39 is 11.0 Å². The highest BCUT2D eigenvalue weighted by Gasteiger charge is 2.63. The molecule has 1 aromatic carbocycles. The maximum atomic E-state index is 12.0. The number of esters is 1. The molecule has 1 spiro atoms. The van der Waals surface area contributed by atoms with Gasteiger partial charge < -0.3 is 9.84 Å². The second kappa shape index (κ2) is 5.08. The van der Waals surface area contributed by atoms with E-state index in [1.165, 1.54) is 4.90 Å². The maximum Gasteiger partial charge on any atom is 0.315 e. The van der Waals surface area contributed by atoms with Crippen LogP contribution < -0.4 is 0 Å². The van der Waals surface area contributed by atoms with Crippen molar-refractivity contribution < 1.29 is 14.6 Å². The Balaban J connectivity index is 1.71. The van der Waals surface area contributed by atoms with Crippen LogP contribution in [0.5, 0.6) is 0 Å². The van der Waals surface area contributed by atoms with Gasteiger partial charge in [0.25, 0.3) is 0 Å². The Morgan fingerprint density at radius 3 is 2.75 bits per heavy atom. The predicted octanol–water partition coefficient (Wildman–Crippen LogP) is 2.87. The minimum Gasteiger partial charge on any atom is -0.465 e. The van der Waals surface area contributed by atoms with Gasteiger partial charge in [-0.3, -0.25) is 4.79 Å². The van der Waals surface area contributed by atoms with E-state index in [1.807, 2.05) is 25.1 Å². The molecule has 2 fully saturated rings. The normalized spacial score (nSPS) is 36.5. The Kier molecular flexibility index (Phi) is 3.55. The van der Waals surface area contributed by atoms with E-state index >= 15 is 0 Å². The van der Waals surface area contributed by atoms with Gasteiger partial charge in [-0.15, -0.1) is 11.8 Å². The van der Waals surface area contributed by atoms with Crippen LogP contribution in [0, 0.1) is 11.3 Å². The van der Waals surface area contributed by atoms with Crippen LogP contribution in [0.3, 0.4) is 0 Å². The number of thioether (sulfide) groups is 1. The number of ether oxygens (including phenoxy) is 1. The summed E-state index contributed by atoms with van der Waals surface area (Å²) >= 11 is 1.75. The van der Waals surface area contributed by atoms with E-state index in [-0.39, 0.29) is 11.9 Å². The number of benzene rings is 1. The molecule has 0 bridgehead atoms. The lowest BCUT2D eigenvalue weighted by atomic mass is 9.72. The molecule has 1 saturated carbocycles. The van der Waals surface area contributed by atoms with Crippen molar-refractivity contribution in [2.45, 2.75) is 36.7 Å². The number of carbonyl (C=O) groups is 1. The standard InChI is InChI=1S/C16H20O3S/c1-15(18)12(11-20-13-5-3-2-4-6-13)7-8-16(15)9-10-19-14(16)17/h2-6,12,18H,7-11H2,1H3/t12-,15-,16+/m0/s1. The fourth-order valence-corrected chi connectivity index (χ4v) is 4.78. The average Bonchev–Trinajstić information content (AvgIpc) is 2.93. The van der Waals surface area contributed by atoms with Crippen LogP contribution in [0.1, 0.15) is 26.2 Å². The van der Waals surface area contributed by atoms with Gasteiger partial charge in [-0.25, -0.2) is 0 Å². The molecule has 1 heterocycles. The van der Waals surface area contributed by atoms with Crippen LogP contribution in [0.25, 0.3) is 0 Å². The number of carbonyl (C=O) groups excluding carboxylic acids is 1. The molecule has 1 N–H and O–H groups in total. The highest BCUT2D eigenvalue weighted by atomic mass is 32.2. The van der Waals surface area contributed by atoms with Gasteiger partial charge in [0.15, 0.2) is 0 Å². The van der Waals surface area contributed by atoms with Crippen molar-refractivity contribution >= 4 is 17.7 Å². The molecule has 0 amide bonds. The number of rotatable bonds is 3. The van der Waals surface area contributed by atoms with E-state index in [9.17, 15) is 9.90 Å². The summed E-state index contributed by atoms with van der Waals surface area (Å²) in [6.07, 6.45) is 2.30.